The van der Waals surface area contributed by atoms with Crippen molar-refractivity contribution in [1.82, 2.24) is 0 Å². The molecule has 0 radical (unpaired) electrons. The molecule has 0 atom stereocenters. The molecule has 5 heteroatoms. The number of hydrogen-bond acceptors (Lipinski definition) is 2. The van der Waals surface area contributed by atoms with Crippen LogP contribution in [0.2, 0.25) is 10.0 Å². The van der Waals surface area contributed by atoms with E-state index in [1.54, 1.807) is 42.5 Å². The lowest BCUT2D eigenvalue weighted by molar-refractivity contribution is 0.102. The average molecular weight is 338 g/mol. The number of hydrogen-bond donors (Lipinski definition) is 1. The maximum absolute atomic E-state index is 12.2. The van der Waals surface area contributed by atoms with E-state index >= 15 is 0 Å². The Kier molecular flexibility index (Phi) is 5.69. The molecule has 0 saturated heterocycles. The minimum Gasteiger partial charge on any atom is -0.493 e. The molecule has 0 aliphatic heterocycles. The molecule has 0 fully saturated rings. The molecule has 0 aliphatic rings. The summed E-state index contributed by atoms with van der Waals surface area (Å²) in [6.07, 6.45) is 0. The van der Waals surface area contributed by atoms with Gasteiger partial charge in [-0.25, -0.2) is 0 Å². The molecule has 0 spiro atoms. The van der Waals surface area contributed by atoms with Gasteiger partial charge in [0, 0.05) is 5.56 Å². The fraction of sp³-hybridized carbons (Fsp3) is 0.235. The van der Waals surface area contributed by atoms with Crippen LogP contribution in [0.25, 0.3) is 0 Å². The zero-order valence-electron chi connectivity index (χ0n) is 12.4. The largest absolute Gasteiger partial charge is 0.493 e. The predicted octanol–water partition coefficient (Wildman–Crippen LogP) is 5.28. The quantitative estimate of drug-likeness (QED) is 0.805. The lowest BCUT2D eigenvalue weighted by Gasteiger charge is -2.10. The second kappa shape index (κ2) is 7.52. The molecule has 0 bridgehead atoms. The van der Waals surface area contributed by atoms with E-state index < -0.39 is 0 Å². The second-order valence-electron chi connectivity index (χ2n) is 5.28. The maximum Gasteiger partial charge on any atom is 0.255 e. The Morgan fingerprint density at radius 2 is 1.82 bits per heavy atom. The molecule has 0 aromatic heterocycles. The Morgan fingerprint density at radius 3 is 2.45 bits per heavy atom. The van der Waals surface area contributed by atoms with Crippen molar-refractivity contribution in [2.45, 2.75) is 13.8 Å². The van der Waals surface area contributed by atoms with Gasteiger partial charge in [0.05, 0.1) is 22.3 Å². The van der Waals surface area contributed by atoms with Crippen molar-refractivity contribution in [2.75, 3.05) is 11.9 Å². The SMILES string of the molecule is CC(C)COc1ccc(C(=O)Nc2cccc(Cl)c2Cl)cc1. The molecule has 0 heterocycles. The van der Waals surface area contributed by atoms with Crippen molar-refractivity contribution in [3.63, 3.8) is 0 Å². The third kappa shape index (κ3) is 4.39. The Bertz CT molecular complexity index is 654. The summed E-state index contributed by atoms with van der Waals surface area (Å²) in [6.45, 7) is 4.80. The predicted molar refractivity (Wildman–Crippen MR) is 91.2 cm³/mol. The van der Waals surface area contributed by atoms with Crippen molar-refractivity contribution in [3.8, 4) is 5.75 Å². The zero-order chi connectivity index (χ0) is 16.1. The van der Waals surface area contributed by atoms with Crippen LogP contribution in [0, 0.1) is 5.92 Å². The van der Waals surface area contributed by atoms with Gasteiger partial charge in [-0.1, -0.05) is 43.1 Å². The first-order valence-electron chi connectivity index (χ1n) is 6.95. The van der Waals surface area contributed by atoms with Gasteiger partial charge in [-0.05, 0) is 42.3 Å². The third-order valence-corrected chi connectivity index (χ3v) is 3.72. The summed E-state index contributed by atoms with van der Waals surface area (Å²) >= 11 is 12.0. The Balaban J connectivity index is 2.05. The molecular weight excluding hydrogens is 321 g/mol. The van der Waals surface area contributed by atoms with Crippen molar-refractivity contribution < 1.29 is 9.53 Å². The number of amides is 1. The fourth-order valence-electron chi connectivity index (χ4n) is 1.76. The smallest absolute Gasteiger partial charge is 0.255 e. The summed E-state index contributed by atoms with van der Waals surface area (Å²) in [5.41, 5.74) is 1.01. The van der Waals surface area contributed by atoms with Gasteiger partial charge in [-0.15, -0.1) is 0 Å². The highest BCUT2D eigenvalue weighted by Crippen LogP contribution is 2.29. The lowest BCUT2D eigenvalue weighted by Crippen LogP contribution is -2.12. The number of rotatable bonds is 5. The molecule has 0 unspecified atom stereocenters. The first-order valence-corrected chi connectivity index (χ1v) is 7.71. The van der Waals surface area contributed by atoms with E-state index in [-0.39, 0.29) is 5.91 Å². The van der Waals surface area contributed by atoms with Crippen molar-refractivity contribution in [2.24, 2.45) is 5.92 Å². The minimum absolute atomic E-state index is 0.250. The van der Waals surface area contributed by atoms with Crippen LogP contribution in [0.1, 0.15) is 24.2 Å². The van der Waals surface area contributed by atoms with Crippen LogP contribution in [0.5, 0.6) is 5.75 Å². The maximum atomic E-state index is 12.2. The number of halogens is 2. The summed E-state index contributed by atoms with van der Waals surface area (Å²) in [5.74, 6) is 0.943. The molecule has 2 aromatic carbocycles. The van der Waals surface area contributed by atoms with Crippen LogP contribution in [0.15, 0.2) is 42.5 Å². The first-order chi connectivity index (χ1) is 10.5. The Labute approximate surface area is 140 Å². The van der Waals surface area contributed by atoms with Gasteiger partial charge in [0.2, 0.25) is 0 Å². The van der Waals surface area contributed by atoms with Gasteiger partial charge in [-0.2, -0.15) is 0 Å². The Morgan fingerprint density at radius 1 is 1.14 bits per heavy atom. The molecule has 0 saturated carbocycles. The van der Waals surface area contributed by atoms with Gasteiger partial charge in [0.25, 0.3) is 5.91 Å². The summed E-state index contributed by atoms with van der Waals surface area (Å²) in [5, 5.41) is 3.47. The third-order valence-electron chi connectivity index (χ3n) is 2.90. The Hall–Kier alpha value is -1.71. The lowest BCUT2D eigenvalue weighted by atomic mass is 10.2. The van der Waals surface area contributed by atoms with Crippen LogP contribution in [0.4, 0.5) is 5.69 Å². The number of nitrogens with one attached hydrogen (secondary N) is 1. The second-order valence-corrected chi connectivity index (χ2v) is 6.07. The van der Waals surface area contributed by atoms with Crippen LogP contribution >= 0.6 is 23.2 Å². The normalized spacial score (nSPS) is 10.6. The molecule has 2 aromatic rings. The monoisotopic (exact) mass is 337 g/mol. The van der Waals surface area contributed by atoms with Crippen molar-refractivity contribution in [1.29, 1.82) is 0 Å². The highest BCUT2D eigenvalue weighted by atomic mass is 35.5. The fourth-order valence-corrected chi connectivity index (χ4v) is 2.11. The minimum atomic E-state index is -0.250. The molecule has 22 heavy (non-hydrogen) atoms. The molecule has 0 aliphatic carbocycles. The van der Waals surface area contributed by atoms with Crippen LogP contribution in [0.3, 0.4) is 0 Å². The van der Waals surface area contributed by atoms with Crippen molar-refractivity contribution >= 4 is 34.8 Å². The average Bonchev–Trinajstić information content (AvgIpc) is 2.50. The van der Waals surface area contributed by atoms with Crippen molar-refractivity contribution in [3.05, 3.63) is 58.1 Å². The molecule has 3 nitrogen and oxygen atoms in total. The van der Waals surface area contributed by atoms with Crippen LogP contribution < -0.4 is 10.1 Å². The topological polar surface area (TPSA) is 38.3 Å². The molecule has 2 rings (SSSR count). The number of anilines is 1. The van der Waals surface area contributed by atoms with Crippen LogP contribution in [-0.2, 0) is 0 Å². The number of benzene rings is 2. The number of carbonyl (C=O) groups is 1. The van der Waals surface area contributed by atoms with E-state index in [1.165, 1.54) is 0 Å². The van der Waals surface area contributed by atoms with Gasteiger partial charge >= 0.3 is 0 Å². The van der Waals surface area contributed by atoms with E-state index in [2.05, 4.69) is 19.2 Å². The first kappa shape index (κ1) is 16.7. The van der Waals surface area contributed by atoms with Gasteiger partial charge < -0.3 is 10.1 Å². The van der Waals surface area contributed by atoms with E-state index in [0.717, 1.165) is 5.75 Å². The van der Waals surface area contributed by atoms with E-state index in [1.807, 2.05) is 0 Å². The standard InChI is InChI=1S/C17H17Cl2NO2/c1-11(2)10-22-13-8-6-12(7-9-13)17(21)20-15-5-3-4-14(18)16(15)19/h3-9,11H,10H2,1-2H3,(H,20,21). The van der Waals surface area contributed by atoms with Crippen LogP contribution in [-0.4, -0.2) is 12.5 Å². The molecule has 116 valence electrons. The molecule has 1 amide bonds. The summed E-state index contributed by atoms with van der Waals surface area (Å²) in [6, 6.07) is 12.1. The van der Waals surface area contributed by atoms with Gasteiger partial charge in [0.15, 0.2) is 0 Å². The number of ether oxygens (including phenoxy) is 1. The summed E-state index contributed by atoms with van der Waals surface area (Å²) < 4.78 is 5.59. The summed E-state index contributed by atoms with van der Waals surface area (Å²) in [4.78, 5) is 12.2. The zero-order valence-corrected chi connectivity index (χ0v) is 13.9. The number of carbonyl (C=O) groups excluding carboxylic acids is 1. The molecule has 1 N–H and O–H groups in total. The van der Waals surface area contributed by atoms with E-state index in [9.17, 15) is 4.79 Å². The highest BCUT2D eigenvalue weighted by Gasteiger charge is 2.10. The summed E-state index contributed by atoms with van der Waals surface area (Å²) in [7, 11) is 0. The highest BCUT2D eigenvalue weighted by molar-refractivity contribution is 6.44. The van der Waals surface area contributed by atoms with E-state index in [4.69, 9.17) is 27.9 Å². The van der Waals surface area contributed by atoms with Gasteiger partial charge in [0.1, 0.15) is 5.75 Å². The van der Waals surface area contributed by atoms with E-state index in [0.29, 0.717) is 33.8 Å². The molecular formula is C17H17Cl2NO2. The van der Waals surface area contributed by atoms with Gasteiger partial charge in [-0.3, -0.25) is 4.79 Å².